The lowest BCUT2D eigenvalue weighted by atomic mass is 10.0. The first-order valence-corrected chi connectivity index (χ1v) is 15.3. The van der Waals surface area contributed by atoms with E-state index in [4.69, 9.17) is 28.4 Å². The summed E-state index contributed by atoms with van der Waals surface area (Å²) in [6.07, 6.45) is 2.49. The summed E-state index contributed by atoms with van der Waals surface area (Å²) < 4.78 is 33.2. The van der Waals surface area contributed by atoms with Crippen molar-refractivity contribution in [2.45, 2.75) is 37.8 Å². The van der Waals surface area contributed by atoms with E-state index >= 15 is 0 Å². The number of nitrogens with one attached hydrogen (secondary N) is 3. The number of ether oxygens (including phenoxy) is 6. The number of fused-ring (bicyclic) bond motifs is 1. The topological polar surface area (TPSA) is 180 Å². The molecule has 3 aliphatic heterocycles. The maximum atomic E-state index is 13.1. The highest BCUT2D eigenvalue weighted by atomic mass is 16.6. The molecular formula is C30H42N4O11. The smallest absolute Gasteiger partial charge is 0.266 e. The zero-order chi connectivity index (χ0) is 31.9. The first-order valence-electron chi connectivity index (χ1n) is 15.3. The highest BCUT2D eigenvalue weighted by Crippen LogP contribution is 2.33. The van der Waals surface area contributed by atoms with E-state index in [1.165, 1.54) is 18.2 Å². The molecule has 3 N–H and O–H groups in total. The molecular weight excluding hydrogens is 592 g/mol. The van der Waals surface area contributed by atoms with Gasteiger partial charge in [-0.15, -0.1) is 0 Å². The van der Waals surface area contributed by atoms with Gasteiger partial charge in [0, 0.05) is 13.0 Å². The van der Waals surface area contributed by atoms with Gasteiger partial charge in [-0.1, -0.05) is 6.07 Å². The molecule has 2 fully saturated rings. The minimum Gasteiger partial charge on any atom is -0.483 e. The van der Waals surface area contributed by atoms with Gasteiger partial charge in [0.25, 0.3) is 17.7 Å². The maximum Gasteiger partial charge on any atom is 0.266 e. The highest BCUT2D eigenvalue weighted by Gasteiger charge is 2.46. The average molecular weight is 635 g/mol. The average Bonchev–Trinajstić information content (AvgIpc) is 3.29. The minimum atomic E-state index is -1.09. The summed E-state index contributed by atoms with van der Waals surface area (Å²) in [4.78, 5) is 62.8. The molecule has 248 valence electrons. The number of piperidine rings is 2. The third-order valence-electron chi connectivity index (χ3n) is 7.34. The van der Waals surface area contributed by atoms with E-state index in [2.05, 4.69) is 16.0 Å². The van der Waals surface area contributed by atoms with Crippen molar-refractivity contribution in [2.24, 2.45) is 0 Å². The SMILES string of the molecule is O=C(COc1cccc2c1C(=O)N(C1CCC(=O)NC1=O)C2=O)NCCOCCOCCOCCOCCOC1CCNCC1. The Hall–Kier alpha value is -3.47. The van der Waals surface area contributed by atoms with Gasteiger partial charge in [-0.2, -0.15) is 0 Å². The number of amides is 5. The molecule has 45 heavy (non-hydrogen) atoms. The van der Waals surface area contributed by atoms with Crippen molar-refractivity contribution >= 4 is 29.5 Å². The molecule has 1 unspecified atom stereocenters. The van der Waals surface area contributed by atoms with Crippen molar-refractivity contribution in [3.05, 3.63) is 29.3 Å². The minimum absolute atomic E-state index is 0.0181. The molecule has 4 rings (SSSR count). The molecule has 5 amide bonds. The molecule has 0 radical (unpaired) electrons. The lowest BCUT2D eigenvalue weighted by Gasteiger charge is -2.27. The molecule has 0 bridgehead atoms. The maximum absolute atomic E-state index is 13.1. The van der Waals surface area contributed by atoms with Crippen LogP contribution in [0.5, 0.6) is 5.75 Å². The quantitative estimate of drug-likeness (QED) is 0.123. The van der Waals surface area contributed by atoms with Crippen LogP contribution >= 0.6 is 0 Å². The molecule has 15 nitrogen and oxygen atoms in total. The number of imide groups is 2. The molecule has 2 saturated heterocycles. The zero-order valence-electron chi connectivity index (χ0n) is 25.3. The number of rotatable bonds is 20. The fourth-order valence-corrected chi connectivity index (χ4v) is 5.06. The third-order valence-corrected chi connectivity index (χ3v) is 7.34. The Kier molecular flexibility index (Phi) is 14.1. The van der Waals surface area contributed by atoms with Crippen molar-refractivity contribution < 1.29 is 52.4 Å². The van der Waals surface area contributed by atoms with Gasteiger partial charge in [-0.25, -0.2) is 0 Å². The van der Waals surface area contributed by atoms with Gasteiger partial charge >= 0.3 is 0 Å². The summed E-state index contributed by atoms with van der Waals surface area (Å²) in [7, 11) is 0. The Bertz CT molecular complexity index is 1170. The Labute approximate surface area is 261 Å². The molecule has 1 atom stereocenters. The van der Waals surface area contributed by atoms with Crippen LogP contribution < -0.4 is 20.7 Å². The number of hydrogen-bond donors (Lipinski definition) is 3. The summed E-state index contributed by atoms with van der Waals surface area (Å²) in [6, 6.07) is 3.36. The van der Waals surface area contributed by atoms with Crippen LogP contribution in [0.3, 0.4) is 0 Å². The lowest BCUT2D eigenvalue weighted by molar-refractivity contribution is -0.136. The van der Waals surface area contributed by atoms with Gasteiger partial charge in [0.15, 0.2) is 6.61 Å². The standard InChI is InChI=1S/C30H42N4O11/c35-25-5-4-23(28(37)33-25)34-29(38)22-2-1-3-24(27(22)30(34)39)45-20-26(36)32-10-11-40-12-13-41-14-15-42-16-17-43-18-19-44-21-6-8-31-9-7-21/h1-3,21,23,31H,4-20H2,(H,32,36)(H,33,35,37). The van der Waals surface area contributed by atoms with Crippen LogP contribution in [0, 0.1) is 0 Å². The number of carbonyl (C=O) groups is 5. The molecule has 0 aromatic heterocycles. The van der Waals surface area contributed by atoms with Crippen LogP contribution in [0.15, 0.2) is 18.2 Å². The number of benzene rings is 1. The summed E-state index contributed by atoms with van der Waals surface area (Å²) in [6.45, 7) is 5.88. The van der Waals surface area contributed by atoms with Gasteiger partial charge in [-0.05, 0) is 44.5 Å². The van der Waals surface area contributed by atoms with Gasteiger partial charge in [0.2, 0.25) is 11.8 Å². The second-order valence-corrected chi connectivity index (χ2v) is 10.5. The van der Waals surface area contributed by atoms with E-state index in [0.29, 0.717) is 59.0 Å². The van der Waals surface area contributed by atoms with Crippen molar-refractivity contribution in [1.82, 2.24) is 20.9 Å². The summed E-state index contributed by atoms with van der Waals surface area (Å²) >= 11 is 0. The van der Waals surface area contributed by atoms with Crippen LogP contribution in [-0.4, -0.2) is 132 Å². The van der Waals surface area contributed by atoms with E-state index in [-0.39, 0.29) is 42.9 Å². The normalized spacial score (nSPS) is 18.7. The van der Waals surface area contributed by atoms with Gasteiger partial charge < -0.3 is 39.1 Å². The van der Waals surface area contributed by atoms with Crippen LogP contribution in [0.1, 0.15) is 46.4 Å². The zero-order valence-corrected chi connectivity index (χ0v) is 25.3. The van der Waals surface area contributed by atoms with Crippen LogP contribution in [0.25, 0.3) is 0 Å². The Morgan fingerprint density at radius 2 is 1.47 bits per heavy atom. The van der Waals surface area contributed by atoms with E-state index in [0.717, 1.165) is 30.8 Å². The van der Waals surface area contributed by atoms with Crippen molar-refractivity contribution in [3.8, 4) is 5.75 Å². The van der Waals surface area contributed by atoms with Crippen molar-refractivity contribution in [2.75, 3.05) is 85.7 Å². The van der Waals surface area contributed by atoms with E-state index in [9.17, 15) is 24.0 Å². The second kappa shape index (κ2) is 18.5. The molecule has 1 aromatic carbocycles. The predicted octanol–water partition coefficient (Wildman–Crippen LogP) is -0.582. The summed E-state index contributed by atoms with van der Waals surface area (Å²) in [5, 5.41) is 8.11. The number of hydrogen-bond acceptors (Lipinski definition) is 12. The van der Waals surface area contributed by atoms with Gasteiger partial charge in [-0.3, -0.25) is 34.2 Å². The van der Waals surface area contributed by atoms with Crippen LogP contribution in [0.2, 0.25) is 0 Å². The lowest BCUT2D eigenvalue weighted by Crippen LogP contribution is -2.54. The monoisotopic (exact) mass is 634 g/mol. The summed E-state index contributed by atoms with van der Waals surface area (Å²) in [5.74, 6) is -2.90. The number of nitrogens with zero attached hydrogens (tertiary/aromatic N) is 1. The molecule has 3 heterocycles. The van der Waals surface area contributed by atoms with Gasteiger partial charge in [0.1, 0.15) is 11.8 Å². The third kappa shape index (κ3) is 10.5. The first-order chi connectivity index (χ1) is 22.0. The Morgan fingerprint density at radius 1 is 0.822 bits per heavy atom. The van der Waals surface area contributed by atoms with Crippen LogP contribution in [0.4, 0.5) is 0 Å². The Morgan fingerprint density at radius 3 is 2.13 bits per heavy atom. The van der Waals surface area contributed by atoms with E-state index in [1.54, 1.807) is 0 Å². The van der Waals surface area contributed by atoms with E-state index < -0.39 is 42.2 Å². The largest absolute Gasteiger partial charge is 0.483 e. The van der Waals surface area contributed by atoms with E-state index in [1.807, 2.05) is 0 Å². The Balaban J connectivity index is 0.990. The van der Waals surface area contributed by atoms with Gasteiger partial charge in [0.05, 0.1) is 76.7 Å². The van der Waals surface area contributed by atoms with Crippen molar-refractivity contribution in [1.29, 1.82) is 0 Å². The molecule has 15 heteroatoms. The molecule has 1 aromatic rings. The molecule has 0 aliphatic carbocycles. The molecule has 0 saturated carbocycles. The number of carbonyl (C=O) groups excluding carboxylic acids is 5. The molecule has 0 spiro atoms. The predicted molar refractivity (Wildman–Crippen MR) is 157 cm³/mol. The second-order valence-electron chi connectivity index (χ2n) is 10.5. The van der Waals surface area contributed by atoms with Crippen molar-refractivity contribution in [3.63, 3.8) is 0 Å². The fourth-order valence-electron chi connectivity index (χ4n) is 5.06. The van der Waals surface area contributed by atoms with Crippen LogP contribution in [-0.2, 0) is 38.1 Å². The molecule has 3 aliphatic rings. The summed E-state index contributed by atoms with van der Waals surface area (Å²) in [5.41, 5.74) is 0.0541. The highest BCUT2D eigenvalue weighted by molar-refractivity contribution is 6.24. The fraction of sp³-hybridized carbons (Fsp3) is 0.633. The first kappa shape index (κ1) is 34.4.